The van der Waals surface area contributed by atoms with E-state index in [1.165, 1.54) is 0 Å². The first-order valence-electron chi connectivity index (χ1n) is 7.56. The first kappa shape index (κ1) is 17.0. The summed E-state index contributed by atoms with van der Waals surface area (Å²) in [5.41, 5.74) is 1.22. The fourth-order valence-electron chi connectivity index (χ4n) is 2.03. The van der Waals surface area contributed by atoms with Gasteiger partial charge in [-0.05, 0) is 26.8 Å². The van der Waals surface area contributed by atoms with Crippen LogP contribution in [-0.4, -0.2) is 34.0 Å². The lowest BCUT2D eigenvalue weighted by Gasteiger charge is -2.18. The largest absolute Gasteiger partial charge is 0.491 e. The third-order valence-electron chi connectivity index (χ3n) is 3.29. The van der Waals surface area contributed by atoms with E-state index >= 15 is 0 Å². The summed E-state index contributed by atoms with van der Waals surface area (Å²) in [7, 11) is 0. The van der Waals surface area contributed by atoms with Crippen LogP contribution in [0.5, 0.6) is 5.75 Å². The van der Waals surface area contributed by atoms with Crippen molar-refractivity contribution < 1.29 is 14.6 Å². The number of rotatable bonds is 6. The van der Waals surface area contributed by atoms with E-state index in [1.807, 2.05) is 45.0 Å². The van der Waals surface area contributed by atoms with Crippen LogP contribution in [0.15, 0.2) is 36.7 Å². The van der Waals surface area contributed by atoms with Crippen LogP contribution in [0.2, 0.25) is 0 Å². The summed E-state index contributed by atoms with van der Waals surface area (Å²) in [6, 6.07) is 7.43. The molecule has 0 bridgehead atoms. The van der Waals surface area contributed by atoms with Crippen LogP contribution in [-0.2, 0) is 12.1 Å². The van der Waals surface area contributed by atoms with Crippen molar-refractivity contribution in [3.05, 3.63) is 47.8 Å². The number of carbonyl (C=O) groups excluding carboxylic acids is 1. The van der Waals surface area contributed by atoms with E-state index in [4.69, 9.17) is 9.84 Å². The molecule has 6 heteroatoms. The van der Waals surface area contributed by atoms with Gasteiger partial charge < -0.3 is 15.2 Å². The van der Waals surface area contributed by atoms with Crippen LogP contribution in [0.4, 0.5) is 0 Å². The van der Waals surface area contributed by atoms with Crippen molar-refractivity contribution in [1.29, 1.82) is 0 Å². The minimum Gasteiger partial charge on any atom is -0.491 e. The molecule has 6 nitrogen and oxygen atoms in total. The number of nitrogens with one attached hydrogen (secondary N) is 1. The number of aliphatic hydroxyl groups excluding tert-OH is 1. The molecule has 1 aromatic heterocycles. The number of aromatic nitrogens is 2. The molecule has 1 amide bonds. The summed E-state index contributed by atoms with van der Waals surface area (Å²) in [5.74, 6) is 0.477. The summed E-state index contributed by atoms with van der Waals surface area (Å²) < 4.78 is 7.22. The number of benzene rings is 1. The van der Waals surface area contributed by atoms with Crippen LogP contribution >= 0.6 is 0 Å². The standard InChI is InChI=1S/C17H23N3O3/c1-17(2,3)20-12-14(11-19-20)16(22)18-10-13-6-4-5-7-15(13)23-9-8-21/h4-7,11-12,21H,8-10H2,1-3H3,(H,18,22). The van der Waals surface area contributed by atoms with E-state index in [0.29, 0.717) is 17.9 Å². The molecule has 0 unspecified atom stereocenters. The topological polar surface area (TPSA) is 76.4 Å². The van der Waals surface area contributed by atoms with E-state index in [2.05, 4.69) is 10.4 Å². The molecule has 2 rings (SSSR count). The van der Waals surface area contributed by atoms with Crippen molar-refractivity contribution in [3.8, 4) is 5.75 Å². The van der Waals surface area contributed by atoms with Crippen LogP contribution in [0.25, 0.3) is 0 Å². The van der Waals surface area contributed by atoms with Gasteiger partial charge in [0.15, 0.2) is 0 Å². The Balaban J connectivity index is 2.01. The first-order valence-corrected chi connectivity index (χ1v) is 7.56. The molecule has 1 heterocycles. The maximum Gasteiger partial charge on any atom is 0.254 e. The Morgan fingerprint density at radius 1 is 1.35 bits per heavy atom. The Kier molecular flexibility index (Phi) is 5.39. The minimum atomic E-state index is -0.183. The van der Waals surface area contributed by atoms with Crippen molar-refractivity contribution in [2.24, 2.45) is 0 Å². The van der Waals surface area contributed by atoms with Crippen LogP contribution in [0.3, 0.4) is 0 Å². The van der Waals surface area contributed by atoms with Gasteiger partial charge in [-0.25, -0.2) is 0 Å². The van der Waals surface area contributed by atoms with Crippen molar-refractivity contribution in [2.75, 3.05) is 13.2 Å². The van der Waals surface area contributed by atoms with Gasteiger partial charge in [-0.1, -0.05) is 18.2 Å². The predicted octanol–water partition coefficient (Wildman–Crippen LogP) is 1.94. The highest BCUT2D eigenvalue weighted by atomic mass is 16.5. The maximum atomic E-state index is 12.2. The SMILES string of the molecule is CC(C)(C)n1cc(C(=O)NCc2ccccc2OCCO)cn1. The average Bonchev–Trinajstić information content (AvgIpc) is 3.01. The number of amides is 1. The highest BCUT2D eigenvalue weighted by Crippen LogP contribution is 2.18. The second-order valence-electron chi connectivity index (χ2n) is 6.21. The van der Waals surface area contributed by atoms with E-state index in [-0.39, 0.29) is 24.7 Å². The van der Waals surface area contributed by atoms with Crippen molar-refractivity contribution >= 4 is 5.91 Å². The summed E-state index contributed by atoms with van der Waals surface area (Å²) in [5, 5.41) is 15.9. The van der Waals surface area contributed by atoms with Gasteiger partial charge in [-0.3, -0.25) is 9.48 Å². The van der Waals surface area contributed by atoms with Crippen LogP contribution < -0.4 is 10.1 Å². The second kappa shape index (κ2) is 7.28. The van der Waals surface area contributed by atoms with E-state index in [0.717, 1.165) is 5.56 Å². The fourth-order valence-corrected chi connectivity index (χ4v) is 2.03. The molecule has 0 spiro atoms. The number of hydrogen-bond acceptors (Lipinski definition) is 4. The lowest BCUT2D eigenvalue weighted by atomic mass is 10.1. The Morgan fingerprint density at radius 2 is 2.09 bits per heavy atom. The van der Waals surface area contributed by atoms with Gasteiger partial charge >= 0.3 is 0 Å². The minimum absolute atomic E-state index is 0.0489. The molecular weight excluding hydrogens is 294 g/mol. The van der Waals surface area contributed by atoms with Gasteiger partial charge in [-0.15, -0.1) is 0 Å². The third kappa shape index (κ3) is 4.56. The summed E-state index contributed by atoms with van der Waals surface area (Å²) in [6.07, 6.45) is 3.30. The molecule has 23 heavy (non-hydrogen) atoms. The zero-order valence-corrected chi connectivity index (χ0v) is 13.7. The van der Waals surface area contributed by atoms with E-state index in [1.54, 1.807) is 17.1 Å². The number of carbonyl (C=O) groups is 1. The Labute approximate surface area is 136 Å². The average molecular weight is 317 g/mol. The number of nitrogens with zero attached hydrogens (tertiary/aromatic N) is 2. The van der Waals surface area contributed by atoms with Crippen molar-refractivity contribution in [1.82, 2.24) is 15.1 Å². The smallest absolute Gasteiger partial charge is 0.254 e. The lowest BCUT2D eigenvalue weighted by molar-refractivity contribution is 0.0950. The second-order valence-corrected chi connectivity index (χ2v) is 6.21. The first-order chi connectivity index (χ1) is 10.9. The fraction of sp³-hybridized carbons (Fsp3) is 0.412. The molecule has 124 valence electrons. The van der Waals surface area contributed by atoms with Gasteiger partial charge in [0.25, 0.3) is 5.91 Å². The maximum absolute atomic E-state index is 12.2. The number of aliphatic hydroxyl groups is 1. The Hall–Kier alpha value is -2.34. The van der Waals surface area contributed by atoms with Crippen LogP contribution in [0.1, 0.15) is 36.7 Å². The zero-order chi connectivity index (χ0) is 16.9. The molecule has 0 fully saturated rings. The van der Waals surface area contributed by atoms with Gasteiger partial charge in [0.2, 0.25) is 0 Å². The highest BCUT2D eigenvalue weighted by molar-refractivity contribution is 5.93. The molecule has 0 atom stereocenters. The highest BCUT2D eigenvalue weighted by Gasteiger charge is 2.16. The zero-order valence-electron chi connectivity index (χ0n) is 13.7. The molecule has 0 aliphatic carbocycles. The molecule has 0 saturated heterocycles. The molecule has 0 saturated carbocycles. The van der Waals surface area contributed by atoms with Crippen molar-refractivity contribution in [2.45, 2.75) is 32.9 Å². The van der Waals surface area contributed by atoms with Gasteiger partial charge in [0, 0.05) is 18.3 Å². The summed E-state index contributed by atoms with van der Waals surface area (Å²) in [6.45, 7) is 6.60. The van der Waals surface area contributed by atoms with Crippen LogP contribution in [0, 0.1) is 0 Å². The Morgan fingerprint density at radius 3 is 2.74 bits per heavy atom. The molecule has 2 N–H and O–H groups in total. The van der Waals surface area contributed by atoms with E-state index < -0.39 is 0 Å². The van der Waals surface area contributed by atoms with E-state index in [9.17, 15) is 4.79 Å². The Bertz CT molecular complexity index is 659. The normalized spacial score (nSPS) is 11.3. The lowest BCUT2D eigenvalue weighted by Crippen LogP contribution is -2.24. The van der Waals surface area contributed by atoms with Gasteiger partial charge in [-0.2, -0.15) is 5.10 Å². The summed E-state index contributed by atoms with van der Waals surface area (Å²) in [4.78, 5) is 12.2. The summed E-state index contributed by atoms with van der Waals surface area (Å²) >= 11 is 0. The van der Waals surface area contributed by atoms with Gasteiger partial charge in [0.1, 0.15) is 12.4 Å². The number of para-hydroxylation sites is 1. The number of ether oxygens (including phenoxy) is 1. The molecule has 1 aromatic carbocycles. The number of hydrogen-bond donors (Lipinski definition) is 2. The monoisotopic (exact) mass is 317 g/mol. The van der Waals surface area contributed by atoms with Gasteiger partial charge in [0.05, 0.1) is 23.9 Å². The molecule has 2 aromatic rings. The predicted molar refractivity (Wildman–Crippen MR) is 87.4 cm³/mol. The quantitative estimate of drug-likeness (QED) is 0.853. The third-order valence-corrected chi connectivity index (χ3v) is 3.29. The molecular formula is C17H23N3O3. The molecule has 0 radical (unpaired) electrons. The molecule has 0 aliphatic heterocycles. The molecule has 0 aliphatic rings. The van der Waals surface area contributed by atoms with Crippen molar-refractivity contribution in [3.63, 3.8) is 0 Å².